The number of carboxylic acids is 1. The number of carbonyl (C=O) groups excluding carboxylic acids is 2. The minimum Gasteiger partial charge on any atom is -0.478 e. The van der Waals surface area contributed by atoms with Crippen molar-refractivity contribution < 1.29 is 23.9 Å². The van der Waals surface area contributed by atoms with Crippen molar-refractivity contribution in [2.24, 2.45) is 0 Å². The number of hydrogen-bond acceptors (Lipinski definition) is 3. The number of nitrogens with one attached hydrogen (secondary N) is 2. The summed E-state index contributed by atoms with van der Waals surface area (Å²) >= 11 is 5.52. The average molecular weight is 287 g/mol. The fourth-order valence-corrected chi connectivity index (χ4v) is 1.20. The molecule has 0 aliphatic rings. The second-order valence-electron chi connectivity index (χ2n) is 3.24. The van der Waals surface area contributed by atoms with E-state index in [-0.39, 0.29) is 10.7 Å². The van der Waals surface area contributed by atoms with Gasteiger partial charge in [-0.2, -0.15) is 0 Å². The normalized spacial score (nSPS) is 10.2. The smallest absolute Gasteiger partial charge is 0.328 e. The van der Waals surface area contributed by atoms with Crippen LogP contribution in [0, 0.1) is 5.82 Å². The number of anilines is 1. The van der Waals surface area contributed by atoms with Crippen LogP contribution in [0.4, 0.5) is 14.9 Å². The number of carbonyl (C=O) groups is 3. The second-order valence-corrected chi connectivity index (χ2v) is 3.68. The molecular weight excluding hydrogens is 279 g/mol. The van der Waals surface area contributed by atoms with Crippen LogP contribution in [-0.4, -0.2) is 23.0 Å². The van der Waals surface area contributed by atoms with Gasteiger partial charge in [0.2, 0.25) is 0 Å². The lowest BCUT2D eigenvalue weighted by Gasteiger charge is -2.06. The predicted molar refractivity (Wildman–Crippen MR) is 65.3 cm³/mol. The first-order valence-electron chi connectivity index (χ1n) is 4.86. The lowest BCUT2D eigenvalue weighted by molar-refractivity contribution is -0.131. The van der Waals surface area contributed by atoms with Crippen molar-refractivity contribution in [3.63, 3.8) is 0 Å². The van der Waals surface area contributed by atoms with Gasteiger partial charge in [-0.25, -0.2) is 14.0 Å². The van der Waals surface area contributed by atoms with Gasteiger partial charge in [-0.15, -0.1) is 0 Å². The van der Waals surface area contributed by atoms with E-state index in [0.29, 0.717) is 12.2 Å². The average Bonchev–Trinajstić information content (AvgIpc) is 2.30. The summed E-state index contributed by atoms with van der Waals surface area (Å²) in [7, 11) is 0. The lowest BCUT2D eigenvalue weighted by atomic mass is 10.3. The van der Waals surface area contributed by atoms with Crippen LogP contribution in [0.5, 0.6) is 0 Å². The number of imide groups is 1. The molecular formula is C11H8ClFN2O4. The first-order valence-corrected chi connectivity index (χ1v) is 5.24. The topological polar surface area (TPSA) is 95.5 Å². The molecule has 0 unspecified atom stereocenters. The van der Waals surface area contributed by atoms with Gasteiger partial charge in [0.05, 0.1) is 5.69 Å². The Hall–Kier alpha value is -2.41. The quantitative estimate of drug-likeness (QED) is 0.738. The number of aliphatic carboxylic acids is 1. The third kappa shape index (κ3) is 5.17. The largest absolute Gasteiger partial charge is 0.478 e. The molecule has 0 aliphatic heterocycles. The number of halogens is 2. The van der Waals surface area contributed by atoms with E-state index in [1.807, 2.05) is 0 Å². The number of carboxylic acid groups (broad SMARTS) is 1. The molecule has 0 saturated heterocycles. The Morgan fingerprint density at radius 1 is 1.26 bits per heavy atom. The number of hydrogen-bond donors (Lipinski definition) is 3. The van der Waals surface area contributed by atoms with Gasteiger partial charge in [0.15, 0.2) is 0 Å². The van der Waals surface area contributed by atoms with Crippen molar-refractivity contribution in [2.75, 3.05) is 5.32 Å². The summed E-state index contributed by atoms with van der Waals surface area (Å²) < 4.78 is 13.3. The van der Waals surface area contributed by atoms with E-state index in [4.69, 9.17) is 16.7 Å². The molecule has 0 radical (unpaired) electrons. The molecule has 6 nitrogen and oxygen atoms in total. The Morgan fingerprint density at radius 3 is 2.53 bits per heavy atom. The second kappa shape index (κ2) is 6.50. The summed E-state index contributed by atoms with van der Waals surface area (Å²) in [6, 6.07) is 2.56. The molecule has 1 aromatic rings. The highest BCUT2D eigenvalue weighted by Crippen LogP contribution is 2.18. The highest BCUT2D eigenvalue weighted by molar-refractivity contribution is 6.30. The third-order valence-corrected chi connectivity index (χ3v) is 2.03. The van der Waals surface area contributed by atoms with Crippen molar-refractivity contribution in [3.8, 4) is 0 Å². The molecule has 0 spiro atoms. The molecule has 0 bridgehead atoms. The van der Waals surface area contributed by atoms with Crippen LogP contribution < -0.4 is 10.6 Å². The van der Waals surface area contributed by atoms with Crippen molar-refractivity contribution in [2.45, 2.75) is 0 Å². The number of rotatable bonds is 3. The number of amides is 3. The van der Waals surface area contributed by atoms with E-state index in [1.54, 1.807) is 5.32 Å². The maximum Gasteiger partial charge on any atom is 0.328 e. The molecule has 100 valence electrons. The Kier molecular flexibility index (Phi) is 5.01. The van der Waals surface area contributed by atoms with Gasteiger partial charge in [-0.1, -0.05) is 11.6 Å². The molecule has 0 aromatic heterocycles. The number of urea groups is 1. The highest BCUT2D eigenvalue weighted by atomic mass is 35.5. The predicted octanol–water partition coefficient (Wildman–Crippen LogP) is 1.77. The summed E-state index contributed by atoms with van der Waals surface area (Å²) in [5.74, 6) is -3.05. The molecule has 0 fully saturated rings. The highest BCUT2D eigenvalue weighted by Gasteiger charge is 2.09. The van der Waals surface area contributed by atoms with E-state index in [2.05, 4.69) is 5.32 Å². The maximum atomic E-state index is 13.3. The van der Waals surface area contributed by atoms with E-state index < -0.39 is 23.7 Å². The van der Waals surface area contributed by atoms with Crippen molar-refractivity contribution in [1.29, 1.82) is 0 Å². The summed E-state index contributed by atoms with van der Waals surface area (Å²) in [5, 5.41) is 12.3. The van der Waals surface area contributed by atoms with E-state index in [1.165, 1.54) is 12.1 Å². The Bertz CT molecular complexity index is 560. The van der Waals surface area contributed by atoms with Crippen molar-refractivity contribution in [1.82, 2.24) is 5.32 Å². The molecule has 0 aliphatic carbocycles. The van der Waals surface area contributed by atoms with Crippen molar-refractivity contribution >= 4 is 35.2 Å². The van der Waals surface area contributed by atoms with Crippen LogP contribution in [0.3, 0.4) is 0 Å². The fourth-order valence-electron chi connectivity index (χ4n) is 1.04. The zero-order valence-electron chi connectivity index (χ0n) is 9.31. The van der Waals surface area contributed by atoms with Crippen molar-refractivity contribution in [3.05, 3.63) is 41.2 Å². The van der Waals surface area contributed by atoms with Crippen LogP contribution in [0.25, 0.3) is 0 Å². The first kappa shape index (κ1) is 14.7. The summed E-state index contributed by atoms with van der Waals surface area (Å²) in [5.41, 5.74) is -0.170. The standard InChI is InChI=1S/C11H8ClFN2O4/c12-6-1-2-8(7(13)5-6)14-11(19)15-9(16)3-4-10(17)18/h1-5H,(H,17,18)(H2,14,15,16,19). The van der Waals surface area contributed by atoms with Crippen LogP contribution in [0.1, 0.15) is 0 Å². The van der Waals surface area contributed by atoms with Gasteiger partial charge in [0.25, 0.3) is 5.91 Å². The molecule has 3 N–H and O–H groups in total. The van der Waals surface area contributed by atoms with Gasteiger partial charge in [-0.3, -0.25) is 10.1 Å². The summed E-state index contributed by atoms with van der Waals surface area (Å²) in [4.78, 5) is 32.5. The Balaban J connectivity index is 2.60. The molecule has 0 atom stereocenters. The molecule has 19 heavy (non-hydrogen) atoms. The maximum absolute atomic E-state index is 13.3. The summed E-state index contributed by atoms with van der Waals surface area (Å²) in [6.45, 7) is 0. The van der Waals surface area contributed by atoms with Crippen LogP contribution in [0.2, 0.25) is 5.02 Å². The zero-order valence-corrected chi connectivity index (χ0v) is 10.1. The van der Waals surface area contributed by atoms with Crippen LogP contribution in [0.15, 0.2) is 30.4 Å². The first-order chi connectivity index (χ1) is 8.88. The van der Waals surface area contributed by atoms with E-state index in [9.17, 15) is 18.8 Å². The Morgan fingerprint density at radius 2 is 1.95 bits per heavy atom. The monoisotopic (exact) mass is 286 g/mol. The van der Waals surface area contributed by atoms with Crippen LogP contribution in [-0.2, 0) is 9.59 Å². The van der Waals surface area contributed by atoms with Gasteiger partial charge < -0.3 is 10.4 Å². The molecule has 1 aromatic carbocycles. The fraction of sp³-hybridized carbons (Fsp3) is 0. The zero-order chi connectivity index (χ0) is 14.4. The van der Waals surface area contributed by atoms with Gasteiger partial charge in [0, 0.05) is 17.2 Å². The molecule has 0 heterocycles. The SMILES string of the molecule is O=C(O)C=CC(=O)NC(=O)Nc1ccc(Cl)cc1F. The van der Waals surface area contributed by atoms with Crippen LogP contribution >= 0.6 is 11.6 Å². The number of benzene rings is 1. The molecule has 1 rings (SSSR count). The van der Waals surface area contributed by atoms with Gasteiger partial charge in [0.1, 0.15) is 5.82 Å². The van der Waals surface area contributed by atoms with Gasteiger partial charge >= 0.3 is 12.0 Å². The minimum absolute atomic E-state index is 0.156. The third-order valence-electron chi connectivity index (χ3n) is 1.79. The molecule has 3 amide bonds. The lowest BCUT2D eigenvalue weighted by Crippen LogP contribution is -2.33. The van der Waals surface area contributed by atoms with E-state index >= 15 is 0 Å². The molecule has 8 heteroatoms. The van der Waals surface area contributed by atoms with Gasteiger partial charge in [-0.05, 0) is 18.2 Å². The van der Waals surface area contributed by atoms with E-state index in [0.717, 1.165) is 6.07 Å². The summed E-state index contributed by atoms with van der Waals surface area (Å²) in [6.07, 6.45) is 1.21. The minimum atomic E-state index is -1.33. The molecule has 0 saturated carbocycles. The Labute approximate surface area is 111 Å².